The molecule has 0 spiro atoms. The first-order valence-electron chi connectivity index (χ1n) is 10.2. The van der Waals surface area contributed by atoms with Crippen molar-refractivity contribution in [3.63, 3.8) is 0 Å². The number of hydrogen-bond acceptors (Lipinski definition) is 4. The van der Waals surface area contributed by atoms with Gasteiger partial charge >= 0.3 is 0 Å². The Morgan fingerprint density at radius 2 is 1.70 bits per heavy atom. The molecule has 3 rings (SSSR count). The van der Waals surface area contributed by atoms with Gasteiger partial charge in [0.15, 0.2) is 5.96 Å². The van der Waals surface area contributed by atoms with Gasteiger partial charge < -0.3 is 20.3 Å². The average Bonchev–Trinajstić information content (AvgIpc) is 2.76. The zero-order valence-electron chi connectivity index (χ0n) is 18.2. The van der Waals surface area contributed by atoms with E-state index in [1.165, 1.54) is 22.4 Å². The van der Waals surface area contributed by atoms with Gasteiger partial charge in [-0.15, -0.1) is 24.0 Å². The number of rotatable bonds is 7. The van der Waals surface area contributed by atoms with Gasteiger partial charge in [0.1, 0.15) is 0 Å². The summed E-state index contributed by atoms with van der Waals surface area (Å²) in [6.45, 7) is 6.09. The number of hydrogen-bond donors (Lipinski definition) is 2. The number of anilines is 1. The van der Waals surface area contributed by atoms with E-state index in [1.807, 2.05) is 7.05 Å². The fraction of sp³-hybridized carbons (Fsp3) is 0.435. The molecule has 1 fully saturated rings. The second-order valence-corrected chi connectivity index (χ2v) is 7.50. The van der Waals surface area contributed by atoms with Gasteiger partial charge in [-0.1, -0.05) is 36.4 Å². The Kier molecular flexibility index (Phi) is 10.4. The lowest BCUT2D eigenvalue weighted by atomic mass is 10.1. The molecule has 30 heavy (non-hydrogen) atoms. The van der Waals surface area contributed by atoms with Crippen LogP contribution >= 0.6 is 24.0 Å². The molecule has 0 saturated carbocycles. The number of halogens is 1. The second-order valence-electron chi connectivity index (χ2n) is 7.50. The molecule has 2 aromatic rings. The van der Waals surface area contributed by atoms with Gasteiger partial charge in [0.25, 0.3) is 0 Å². The minimum Gasteiger partial charge on any atom is -0.379 e. The normalized spacial score (nSPS) is 14.7. The lowest BCUT2D eigenvalue weighted by molar-refractivity contribution is 0.0341. The number of guanidine groups is 1. The van der Waals surface area contributed by atoms with E-state index in [0.717, 1.165) is 51.9 Å². The predicted octanol–water partition coefficient (Wildman–Crippen LogP) is 3.07. The van der Waals surface area contributed by atoms with Gasteiger partial charge in [-0.2, -0.15) is 0 Å². The van der Waals surface area contributed by atoms with Crippen molar-refractivity contribution >= 4 is 35.6 Å². The van der Waals surface area contributed by atoms with Gasteiger partial charge in [-0.05, 0) is 28.8 Å². The SMILES string of the molecule is CN=C(NCc1cccc(N(C)C)c1)NCc1ccccc1CN1CCOCC1.I. The molecule has 1 aliphatic heterocycles. The highest BCUT2D eigenvalue weighted by Crippen LogP contribution is 2.14. The van der Waals surface area contributed by atoms with Gasteiger partial charge in [0.2, 0.25) is 0 Å². The number of morpholine rings is 1. The fourth-order valence-corrected chi connectivity index (χ4v) is 3.41. The Bertz CT molecular complexity index is 806. The maximum absolute atomic E-state index is 5.46. The van der Waals surface area contributed by atoms with Crippen molar-refractivity contribution < 1.29 is 4.74 Å². The van der Waals surface area contributed by atoms with Gasteiger partial charge in [-0.25, -0.2) is 0 Å². The van der Waals surface area contributed by atoms with E-state index in [0.29, 0.717) is 0 Å². The van der Waals surface area contributed by atoms with Crippen LogP contribution in [0.3, 0.4) is 0 Å². The van der Waals surface area contributed by atoms with Crippen LogP contribution in [0.1, 0.15) is 16.7 Å². The summed E-state index contributed by atoms with van der Waals surface area (Å²) in [5, 5.41) is 6.87. The van der Waals surface area contributed by atoms with Crippen LogP contribution in [0.25, 0.3) is 0 Å². The average molecular weight is 523 g/mol. The maximum atomic E-state index is 5.46. The summed E-state index contributed by atoms with van der Waals surface area (Å²) in [6, 6.07) is 17.1. The van der Waals surface area contributed by atoms with Gasteiger partial charge in [0.05, 0.1) is 13.2 Å². The van der Waals surface area contributed by atoms with Crippen LogP contribution in [-0.2, 0) is 24.4 Å². The van der Waals surface area contributed by atoms with E-state index in [4.69, 9.17) is 4.74 Å². The summed E-state index contributed by atoms with van der Waals surface area (Å²) < 4.78 is 5.46. The van der Waals surface area contributed by atoms with Crippen molar-refractivity contribution in [1.82, 2.24) is 15.5 Å². The first-order valence-corrected chi connectivity index (χ1v) is 10.2. The molecule has 1 aliphatic rings. The molecule has 6 nitrogen and oxygen atoms in total. The summed E-state index contributed by atoms with van der Waals surface area (Å²) in [5.41, 5.74) is 5.09. The summed E-state index contributed by atoms with van der Waals surface area (Å²) in [7, 11) is 5.92. The zero-order valence-corrected chi connectivity index (χ0v) is 20.6. The third-order valence-corrected chi connectivity index (χ3v) is 5.17. The minimum absolute atomic E-state index is 0. The highest BCUT2D eigenvalue weighted by molar-refractivity contribution is 14.0. The van der Waals surface area contributed by atoms with Crippen molar-refractivity contribution in [2.24, 2.45) is 4.99 Å². The zero-order chi connectivity index (χ0) is 20.5. The number of benzene rings is 2. The highest BCUT2D eigenvalue weighted by Gasteiger charge is 2.12. The van der Waals surface area contributed by atoms with Crippen molar-refractivity contribution in [3.8, 4) is 0 Å². The Morgan fingerprint density at radius 3 is 2.40 bits per heavy atom. The lowest BCUT2D eigenvalue weighted by Gasteiger charge is -2.27. The quantitative estimate of drug-likeness (QED) is 0.332. The molecule has 0 atom stereocenters. The van der Waals surface area contributed by atoms with Gasteiger partial charge in [-0.3, -0.25) is 9.89 Å². The largest absolute Gasteiger partial charge is 0.379 e. The number of aliphatic imine (C=N–C) groups is 1. The van der Waals surface area contributed by atoms with E-state index in [1.54, 1.807) is 0 Å². The molecule has 164 valence electrons. The molecular formula is C23H34IN5O. The molecule has 0 amide bonds. The summed E-state index contributed by atoms with van der Waals surface area (Å²) in [5.74, 6) is 0.807. The number of nitrogens with zero attached hydrogens (tertiary/aromatic N) is 3. The maximum Gasteiger partial charge on any atom is 0.191 e. The van der Waals surface area contributed by atoms with Crippen molar-refractivity contribution in [2.75, 3.05) is 52.3 Å². The third-order valence-electron chi connectivity index (χ3n) is 5.17. The van der Waals surface area contributed by atoms with E-state index in [2.05, 4.69) is 88.1 Å². The minimum atomic E-state index is 0. The first-order chi connectivity index (χ1) is 14.2. The summed E-state index contributed by atoms with van der Waals surface area (Å²) in [4.78, 5) is 8.94. The van der Waals surface area contributed by atoms with E-state index in [9.17, 15) is 0 Å². The van der Waals surface area contributed by atoms with Crippen LogP contribution in [0.15, 0.2) is 53.5 Å². The summed E-state index contributed by atoms with van der Waals surface area (Å²) >= 11 is 0. The highest BCUT2D eigenvalue weighted by atomic mass is 127. The van der Waals surface area contributed by atoms with Crippen LogP contribution in [0, 0.1) is 0 Å². The van der Waals surface area contributed by atoms with E-state index >= 15 is 0 Å². The molecule has 0 unspecified atom stereocenters. The first kappa shape index (κ1) is 24.4. The van der Waals surface area contributed by atoms with Crippen LogP contribution in [0.4, 0.5) is 5.69 Å². The Morgan fingerprint density at radius 1 is 1.00 bits per heavy atom. The van der Waals surface area contributed by atoms with Crippen molar-refractivity contribution in [2.45, 2.75) is 19.6 Å². The van der Waals surface area contributed by atoms with E-state index in [-0.39, 0.29) is 24.0 Å². The topological polar surface area (TPSA) is 52.1 Å². The van der Waals surface area contributed by atoms with E-state index < -0.39 is 0 Å². The Balaban J connectivity index is 0.00000320. The standard InChI is InChI=1S/C23H33N5O.HI/c1-24-23(25-16-19-7-6-10-22(15-19)27(2)3)26-17-20-8-4-5-9-21(20)18-28-11-13-29-14-12-28;/h4-10,15H,11-14,16-18H2,1-3H3,(H2,24,25,26);1H. The second kappa shape index (κ2) is 12.8. The van der Waals surface area contributed by atoms with Crippen molar-refractivity contribution in [1.29, 1.82) is 0 Å². The molecule has 7 heteroatoms. The predicted molar refractivity (Wildman–Crippen MR) is 136 cm³/mol. The van der Waals surface area contributed by atoms with Crippen LogP contribution < -0.4 is 15.5 Å². The smallest absolute Gasteiger partial charge is 0.191 e. The van der Waals surface area contributed by atoms with Crippen LogP contribution in [0.5, 0.6) is 0 Å². The van der Waals surface area contributed by atoms with Crippen LogP contribution in [-0.4, -0.2) is 58.3 Å². The molecule has 0 radical (unpaired) electrons. The molecule has 0 aromatic heterocycles. The number of nitrogens with one attached hydrogen (secondary N) is 2. The van der Waals surface area contributed by atoms with Crippen LogP contribution in [0.2, 0.25) is 0 Å². The van der Waals surface area contributed by atoms with Gasteiger partial charge in [0, 0.05) is 59.6 Å². The molecule has 1 heterocycles. The van der Waals surface area contributed by atoms with Crippen molar-refractivity contribution in [3.05, 3.63) is 65.2 Å². The molecule has 1 saturated heterocycles. The lowest BCUT2D eigenvalue weighted by Crippen LogP contribution is -2.37. The number of ether oxygens (including phenoxy) is 1. The molecule has 2 N–H and O–H groups in total. The molecule has 0 bridgehead atoms. The fourth-order valence-electron chi connectivity index (χ4n) is 3.41. The Labute approximate surface area is 197 Å². The monoisotopic (exact) mass is 523 g/mol. The third kappa shape index (κ3) is 7.45. The molecular weight excluding hydrogens is 489 g/mol. The molecule has 2 aromatic carbocycles. The summed E-state index contributed by atoms with van der Waals surface area (Å²) in [6.07, 6.45) is 0. The Hall–Kier alpha value is -1.84. The molecule has 0 aliphatic carbocycles.